The van der Waals surface area contributed by atoms with Crippen LogP contribution >= 0.6 is 0 Å². The topological polar surface area (TPSA) is 43.2 Å². The molecule has 0 bridgehead atoms. The molecule has 2 heterocycles. The normalized spacial score (nSPS) is 16.9. The number of ether oxygens (including phenoxy) is 1. The van der Waals surface area contributed by atoms with E-state index in [0.29, 0.717) is 0 Å². The third-order valence-electron chi connectivity index (χ3n) is 5.07. The van der Waals surface area contributed by atoms with Crippen LogP contribution in [0.1, 0.15) is 11.7 Å². The van der Waals surface area contributed by atoms with E-state index in [4.69, 9.17) is 4.74 Å². The Morgan fingerprint density at radius 3 is 2.50 bits per heavy atom. The maximum absolute atomic E-state index is 5.57. The van der Waals surface area contributed by atoms with Crippen LogP contribution in [0.25, 0.3) is 21.8 Å². The first-order chi connectivity index (χ1) is 12.9. The summed E-state index contributed by atoms with van der Waals surface area (Å²) in [6, 6.07) is 23.3. The third-order valence-corrected chi connectivity index (χ3v) is 5.07. The molecular formula is C21H20N4O. The zero-order valence-corrected chi connectivity index (χ0v) is 14.5. The molecular weight excluding hydrogens is 324 g/mol. The molecule has 1 atom stereocenters. The minimum atomic E-state index is 0.0101. The summed E-state index contributed by atoms with van der Waals surface area (Å²) < 4.78 is 7.62. The number of hydrogen-bond donors (Lipinski definition) is 0. The van der Waals surface area contributed by atoms with E-state index in [1.165, 1.54) is 16.3 Å². The highest BCUT2D eigenvalue weighted by Gasteiger charge is 2.26. The second-order valence-electron chi connectivity index (χ2n) is 6.65. The summed E-state index contributed by atoms with van der Waals surface area (Å²) in [5, 5.41) is 11.4. The smallest absolute Gasteiger partial charge is 0.132 e. The molecule has 0 spiro atoms. The van der Waals surface area contributed by atoms with Crippen molar-refractivity contribution in [1.29, 1.82) is 0 Å². The molecule has 5 nitrogen and oxygen atoms in total. The van der Waals surface area contributed by atoms with Crippen LogP contribution in [0.4, 0.5) is 0 Å². The molecule has 130 valence electrons. The standard InChI is InChI=1S/C21H20N4O/c1-2-6-17-15-18(10-9-16(17)5-1)21(24-11-13-26-14-12-24)25-20-8-4-3-7-19(20)22-23-25/h1-10,15,21H,11-14H2. The average Bonchev–Trinajstić information content (AvgIpc) is 3.13. The van der Waals surface area contributed by atoms with E-state index in [-0.39, 0.29) is 6.17 Å². The van der Waals surface area contributed by atoms with Gasteiger partial charge < -0.3 is 4.74 Å². The van der Waals surface area contributed by atoms with Crippen molar-refractivity contribution in [1.82, 2.24) is 19.9 Å². The Hall–Kier alpha value is -2.76. The van der Waals surface area contributed by atoms with E-state index in [1.807, 2.05) is 22.9 Å². The van der Waals surface area contributed by atoms with E-state index < -0.39 is 0 Å². The van der Waals surface area contributed by atoms with E-state index >= 15 is 0 Å². The molecule has 1 fully saturated rings. The summed E-state index contributed by atoms with van der Waals surface area (Å²) in [5.74, 6) is 0. The molecule has 4 aromatic rings. The molecule has 1 saturated heterocycles. The SMILES string of the molecule is c1ccc2cc(C(N3CCOCC3)n3nnc4ccccc43)ccc2c1. The molecule has 0 saturated carbocycles. The van der Waals surface area contributed by atoms with Gasteiger partial charge in [0.15, 0.2) is 0 Å². The number of fused-ring (bicyclic) bond motifs is 2. The van der Waals surface area contributed by atoms with Gasteiger partial charge in [0.05, 0.1) is 18.7 Å². The Morgan fingerprint density at radius 1 is 0.846 bits per heavy atom. The van der Waals surface area contributed by atoms with Crippen LogP contribution in [-0.2, 0) is 4.74 Å². The number of rotatable bonds is 3. The lowest BCUT2D eigenvalue weighted by Gasteiger charge is -2.34. The fourth-order valence-corrected chi connectivity index (χ4v) is 3.76. The fraction of sp³-hybridized carbons (Fsp3) is 0.238. The predicted molar refractivity (Wildman–Crippen MR) is 102 cm³/mol. The van der Waals surface area contributed by atoms with Crippen molar-refractivity contribution >= 4 is 21.8 Å². The van der Waals surface area contributed by atoms with Gasteiger partial charge >= 0.3 is 0 Å². The molecule has 0 radical (unpaired) electrons. The lowest BCUT2D eigenvalue weighted by Crippen LogP contribution is -2.42. The zero-order chi connectivity index (χ0) is 17.3. The van der Waals surface area contributed by atoms with Gasteiger partial charge in [0.2, 0.25) is 0 Å². The molecule has 0 amide bonds. The number of hydrogen-bond acceptors (Lipinski definition) is 4. The fourth-order valence-electron chi connectivity index (χ4n) is 3.76. The largest absolute Gasteiger partial charge is 0.379 e. The molecule has 1 unspecified atom stereocenters. The quantitative estimate of drug-likeness (QED) is 0.571. The highest BCUT2D eigenvalue weighted by atomic mass is 16.5. The van der Waals surface area contributed by atoms with E-state index in [0.717, 1.165) is 37.3 Å². The summed E-state index contributed by atoms with van der Waals surface area (Å²) in [4.78, 5) is 2.43. The van der Waals surface area contributed by atoms with Crippen molar-refractivity contribution in [3.63, 3.8) is 0 Å². The van der Waals surface area contributed by atoms with Crippen LogP contribution in [0.5, 0.6) is 0 Å². The van der Waals surface area contributed by atoms with Gasteiger partial charge in [-0.15, -0.1) is 5.10 Å². The molecule has 1 aromatic heterocycles. The molecule has 1 aliphatic rings. The number of benzene rings is 3. The Kier molecular flexibility index (Phi) is 3.88. The average molecular weight is 344 g/mol. The lowest BCUT2D eigenvalue weighted by molar-refractivity contribution is 0.00716. The van der Waals surface area contributed by atoms with Crippen molar-refractivity contribution in [2.24, 2.45) is 0 Å². The maximum Gasteiger partial charge on any atom is 0.132 e. The van der Waals surface area contributed by atoms with Crippen molar-refractivity contribution in [2.75, 3.05) is 26.3 Å². The van der Waals surface area contributed by atoms with Gasteiger partial charge in [-0.05, 0) is 34.5 Å². The van der Waals surface area contributed by atoms with Crippen LogP contribution in [0.15, 0.2) is 66.7 Å². The first-order valence-corrected chi connectivity index (χ1v) is 9.00. The molecule has 3 aromatic carbocycles. The minimum absolute atomic E-state index is 0.0101. The van der Waals surface area contributed by atoms with Crippen LogP contribution in [-0.4, -0.2) is 46.2 Å². The van der Waals surface area contributed by atoms with Crippen LogP contribution in [0.3, 0.4) is 0 Å². The van der Waals surface area contributed by atoms with Crippen LogP contribution < -0.4 is 0 Å². The summed E-state index contributed by atoms with van der Waals surface area (Å²) in [6.07, 6.45) is 0.0101. The Morgan fingerprint density at radius 2 is 1.62 bits per heavy atom. The summed E-state index contributed by atoms with van der Waals surface area (Å²) in [5.41, 5.74) is 3.20. The Balaban J connectivity index is 1.67. The molecule has 0 N–H and O–H groups in total. The van der Waals surface area contributed by atoms with Crippen molar-refractivity contribution in [3.8, 4) is 0 Å². The summed E-state index contributed by atoms with van der Waals surface area (Å²) in [6.45, 7) is 3.25. The Labute approximate surface area is 151 Å². The number of nitrogens with zero attached hydrogens (tertiary/aromatic N) is 4. The zero-order valence-electron chi connectivity index (χ0n) is 14.5. The highest BCUT2D eigenvalue weighted by molar-refractivity contribution is 5.83. The van der Waals surface area contributed by atoms with Gasteiger partial charge in [-0.3, -0.25) is 4.90 Å². The number of morpholine rings is 1. The summed E-state index contributed by atoms with van der Waals surface area (Å²) >= 11 is 0. The first-order valence-electron chi connectivity index (χ1n) is 9.00. The van der Waals surface area contributed by atoms with E-state index in [1.54, 1.807) is 0 Å². The molecule has 26 heavy (non-hydrogen) atoms. The minimum Gasteiger partial charge on any atom is -0.379 e. The van der Waals surface area contributed by atoms with Crippen LogP contribution in [0.2, 0.25) is 0 Å². The van der Waals surface area contributed by atoms with Gasteiger partial charge in [0.1, 0.15) is 11.7 Å². The third kappa shape index (κ3) is 2.66. The van der Waals surface area contributed by atoms with Crippen LogP contribution in [0, 0.1) is 0 Å². The second kappa shape index (κ2) is 6.52. The number of para-hydroxylation sites is 1. The van der Waals surface area contributed by atoms with Gasteiger partial charge in [0.25, 0.3) is 0 Å². The number of aromatic nitrogens is 3. The molecule has 5 rings (SSSR count). The van der Waals surface area contributed by atoms with Crippen molar-refractivity contribution in [3.05, 3.63) is 72.3 Å². The van der Waals surface area contributed by atoms with Gasteiger partial charge in [0, 0.05) is 13.1 Å². The monoisotopic (exact) mass is 344 g/mol. The van der Waals surface area contributed by atoms with E-state index in [9.17, 15) is 0 Å². The molecule has 0 aliphatic carbocycles. The van der Waals surface area contributed by atoms with Crippen molar-refractivity contribution < 1.29 is 4.74 Å². The van der Waals surface area contributed by atoms with Crippen molar-refractivity contribution in [2.45, 2.75) is 6.17 Å². The first kappa shape index (κ1) is 15.5. The van der Waals surface area contributed by atoms with Gasteiger partial charge in [-0.1, -0.05) is 53.7 Å². The highest BCUT2D eigenvalue weighted by Crippen LogP contribution is 2.29. The molecule has 1 aliphatic heterocycles. The van der Waals surface area contributed by atoms with Gasteiger partial charge in [-0.25, -0.2) is 4.68 Å². The lowest BCUT2D eigenvalue weighted by atomic mass is 10.0. The predicted octanol–water partition coefficient (Wildman–Crippen LogP) is 3.46. The van der Waals surface area contributed by atoms with E-state index in [2.05, 4.69) is 63.7 Å². The summed E-state index contributed by atoms with van der Waals surface area (Å²) in [7, 11) is 0. The Bertz CT molecular complexity index is 1050. The second-order valence-corrected chi connectivity index (χ2v) is 6.65. The van der Waals surface area contributed by atoms with Gasteiger partial charge in [-0.2, -0.15) is 0 Å². The maximum atomic E-state index is 5.57. The molecule has 5 heteroatoms.